The third-order valence-electron chi connectivity index (χ3n) is 2.44. The summed E-state index contributed by atoms with van der Waals surface area (Å²) < 4.78 is 14.5. The molecule has 14 heavy (non-hydrogen) atoms. The molecule has 0 unspecified atom stereocenters. The number of hydrogen-bond acceptors (Lipinski definition) is 1. The minimum atomic E-state index is -0.921. The van der Waals surface area contributed by atoms with Gasteiger partial charge < -0.3 is 5.32 Å². The van der Waals surface area contributed by atoms with Crippen molar-refractivity contribution in [3.8, 4) is 0 Å². The number of alkyl halides is 1. The van der Waals surface area contributed by atoms with Gasteiger partial charge in [-0.3, -0.25) is 0 Å². The summed E-state index contributed by atoms with van der Waals surface area (Å²) in [6.45, 7) is 2.50. The summed E-state index contributed by atoms with van der Waals surface area (Å²) in [5.74, 6) is 0. The number of nitrogens with one attached hydrogen (secondary N) is 1. The highest BCUT2D eigenvalue weighted by Gasteiger charge is 2.42. The molecule has 0 spiro atoms. The molecule has 1 fully saturated rings. The van der Waals surface area contributed by atoms with E-state index in [0.717, 1.165) is 5.69 Å². The van der Waals surface area contributed by atoms with Gasteiger partial charge in [0, 0.05) is 15.8 Å². The van der Waals surface area contributed by atoms with Crippen LogP contribution < -0.4 is 5.32 Å². The Hall–Kier alpha value is -0.320. The Bertz CT molecular complexity index is 327. The zero-order valence-corrected chi connectivity index (χ0v) is 10.3. The molecular weight excluding hydrogens is 292 g/mol. The van der Waals surface area contributed by atoms with Gasteiger partial charge in [-0.05, 0) is 66.1 Å². The third-order valence-corrected chi connectivity index (χ3v) is 3.07. The maximum atomic E-state index is 13.3. The summed E-state index contributed by atoms with van der Waals surface area (Å²) in [4.78, 5) is 0. The standard InChI is InChI=1S/C11H13FIN/c1-8-4-9(13)6-10(5-8)14-7-11(12)2-3-11/h4-6,14H,2-3,7H2,1H3. The first kappa shape index (κ1) is 10.2. The van der Waals surface area contributed by atoms with Crippen molar-refractivity contribution in [2.24, 2.45) is 0 Å². The second-order valence-electron chi connectivity index (χ2n) is 4.02. The molecule has 1 nitrogen and oxygen atoms in total. The lowest BCUT2D eigenvalue weighted by Gasteiger charge is -2.10. The molecule has 0 heterocycles. The van der Waals surface area contributed by atoms with Gasteiger partial charge in [0.15, 0.2) is 0 Å². The Morgan fingerprint density at radius 1 is 1.43 bits per heavy atom. The van der Waals surface area contributed by atoms with E-state index in [4.69, 9.17) is 0 Å². The summed E-state index contributed by atoms with van der Waals surface area (Å²) in [5, 5.41) is 3.15. The van der Waals surface area contributed by atoms with E-state index < -0.39 is 5.67 Å². The fourth-order valence-electron chi connectivity index (χ4n) is 1.41. The average molecular weight is 305 g/mol. The second kappa shape index (κ2) is 3.68. The van der Waals surface area contributed by atoms with Gasteiger partial charge >= 0.3 is 0 Å². The molecule has 1 aliphatic carbocycles. The van der Waals surface area contributed by atoms with Crippen LogP contribution in [0.5, 0.6) is 0 Å². The van der Waals surface area contributed by atoms with Crippen molar-refractivity contribution in [2.45, 2.75) is 25.4 Å². The molecule has 0 saturated heterocycles. The first-order chi connectivity index (χ1) is 6.57. The van der Waals surface area contributed by atoms with Crippen molar-refractivity contribution in [2.75, 3.05) is 11.9 Å². The zero-order valence-electron chi connectivity index (χ0n) is 8.11. The summed E-state index contributed by atoms with van der Waals surface area (Å²) in [7, 11) is 0. The molecule has 1 saturated carbocycles. The summed E-state index contributed by atoms with van der Waals surface area (Å²) in [5.41, 5.74) is 1.32. The first-order valence-corrected chi connectivity index (χ1v) is 5.85. The van der Waals surface area contributed by atoms with Gasteiger partial charge in [0.25, 0.3) is 0 Å². The lowest BCUT2D eigenvalue weighted by molar-refractivity contribution is 0.326. The van der Waals surface area contributed by atoms with E-state index in [0.29, 0.717) is 19.4 Å². The van der Waals surface area contributed by atoms with Gasteiger partial charge in [0.05, 0.1) is 0 Å². The first-order valence-electron chi connectivity index (χ1n) is 4.77. The largest absolute Gasteiger partial charge is 0.382 e. The van der Waals surface area contributed by atoms with Crippen LogP contribution in [0.1, 0.15) is 18.4 Å². The van der Waals surface area contributed by atoms with Crippen molar-refractivity contribution in [1.29, 1.82) is 0 Å². The van der Waals surface area contributed by atoms with E-state index in [-0.39, 0.29) is 0 Å². The summed E-state index contributed by atoms with van der Waals surface area (Å²) >= 11 is 2.27. The molecule has 1 aliphatic rings. The van der Waals surface area contributed by atoms with Crippen molar-refractivity contribution in [3.63, 3.8) is 0 Å². The molecule has 0 atom stereocenters. The average Bonchev–Trinajstić information content (AvgIpc) is 2.80. The van der Waals surface area contributed by atoms with Crippen molar-refractivity contribution < 1.29 is 4.39 Å². The molecule has 3 heteroatoms. The number of anilines is 1. The van der Waals surface area contributed by atoms with Crippen LogP contribution in [-0.2, 0) is 0 Å². The maximum absolute atomic E-state index is 13.3. The van der Waals surface area contributed by atoms with Crippen LogP contribution in [0, 0.1) is 10.5 Å². The smallest absolute Gasteiger partial charge is 0.128 e. The van der Waals surface area contributed by atoms with Crippen LogP contribution in [0.25, 0.3) is 0 Å². The Morgan fingerprint density at radius 2 is 2.14 bits per heavy atom. The van der Waals surface area contributed by atoms with Crippen molar-refractivity contribution >= 4 is 28.3 Å². The van der Waals surface area contributed by atoms with Crippen LogP contribution in [0.4, 0.5) is 10.1 Å². The van der Waals surface area contributed by atoms with E-state index in [9.17, 15) is 4.39 Å². The molecule has 0 radical (unpaired) electrons. The van der Waals surface area contributed by atoms with Crippen LogP contribution in [-0.4, -0.2) is 12.2 Å². The van der Waals surface area contributed by atoms with E-state index >= 15 is 0 Å². The molecule has 0 bridgehead atoms. The van der Waals surface area contributed by atoms with Crippen molar-refractivity contribution in [1.82, 2.24) is 0 Å². The van der Waals surface area contributed by atoms with Gasteiger partial charge in [0.1, 0.15) is 5.67 Å². The number of hydrogen-bond donors (Lipinski definition) is 1. The highest BCUT2D eigenvalue weighted by molar-refractivity contribution is 14.1. The van der Waals surface area contributed by atoms with Crippen LogP contribution in [0.15, 0.2) is 18.2 Å². The SMILES string of the molecule is Cc1cc(I)cc(NCC2(F)CC2)c1. The molecule has 2 rings (SSSR count). The molecule has 1 aromatic carbocycles. The predicted molar refractivity (Wildman–Crippen MR) is 65.5 cm³/mol. The Labute approximate surface area is 97.2 Å². The number of rotatable bonds is 3. The Morgan fingerprint density at radius 3 is 2.71 bits per heavy atom. The highest BCUT2D eigenvalue weighted by Crippen LogP contribution is 2.39. The Kier molecular flexibility index (Phi) is 2.68. The number of aryl methyl sites for hydroxylation is 1. The van der Waals surface area contributed by atoms with E-state index in [1.54, 1.807) is 0 Å². The monoisotopic (exact) mass is 305 g/mol. The van der Waals surface area contributed by atoms with E-state index in [2.05, 4.69) is 40.9 Å². The highest BCUT2D eigenvalue weighted by atomic mass is 127. The lowest BCUT2D eigenvalue weighted by Crippen LogP contribution is -2.15. The van der Waals surface area contributed by atoms with Crippen LogP contribution in [0.3, 0.4) is 0 Å². The zero-order chi connectivity index (χ0) is 10.2. The minimum absolute atomic E-state index is 0.451. The van der Waals surface area contributed by atoms with Gasteiger partial charge in [-0.1, -0.05) is 0 Å². The van der Waals surface area contributed by atoms with Crippen molar-refractivity contribution in [3.05, 3.63) is 27.3 Å². The van der Waals surface area contributed by atoms with Crippen LogP contribution in [0.2, 0.25) is 0 Å². The molecule has 0 amide bonds. The number of halogens is 2. The van der Waals surface area contributed by atoms with Gasteiger partial charge in [0.2, 0.25) is 0 Å². The Balaban J connectivity index is 2.01. The van der Waals surface area contributed by atoms with E-state index in [1.807, 2.05) is 12.1 Å². The molecule has 76 valence electrons. The molecular formula is C11H13FIN. The molecule has 0 aliphatic heterocycles. The van der Waals surface area contributed by atoms with Crippen LogP contribution >= 0.6 is 22.6 Å². The van der Waals surface area contributed by atoms with E-state index in [1.165, 1.54) is 9.13 Å². The third kappa shape index (κ3) is 2.59. The van der Waals surface area contributed by atoms with Gasteiger partial charge in [-0.25, -0.2) is 4.39 Å². The summed E-state index contributed by atoms with van der Waals surface area (Å²) in [6.07, 6.45) is 1.42. The normalized spacial score (nSPS) is 17.9. The molecule has 1 aromatic rings. The maximum Gasteiger partial charge on any atom is 0.128 e. The fraction of sp³-hybridized carbons (Fsp3) is 0.455. The minimum Gasteiger partial charge on any atom is -0.382 e. The van der Waals surface area contributed by atoms with Gasteiger partial charge in [-0.15, -0.1) is 0 Å². The topological polar surface area (TPSA) is 12.0 Å². The predicted octanol–water partition coefficient (Wildman–Crippen LogP) is 3.51. The van der Waals surface area contributed by atoms with Gasteiger partial charge in [-0.2, -0.15) is 0 Å². The second-order valence-corrected chi connectivity index (χ2v) is 5.27. The fourth-order valence-corrected chi connectivity index (χ4v) is 2.24. The molecule has 0 aromatic heterocycles. The number of benzene rings is 1. The molecule has 1 N–H and O–H groups in total. The lowest BCUT2D eigenvalue weighted by atomic mass is 10.2. The quantitative estimate of drug-likeness (QED) is 0.843. The summed E-state index contributed by atoms with van der Waals surface area (Å²) in [6, 6.07) is 6.20.